The van der Waals surface area contributed by atoms with Gasteiger partial charge in [-0.2, -0.15) is 0 Å². The van der Waals surface area contributed by atoms with Crippen molar-refractivity contribution in [1.29, 1.82) is 0 Å². The molecule has 1 amide bonds. The molecule has 1 saturated heterocycles. The maximum absolute atomic E-state index is 12.2. The van der Waals surface area contributed by atoms with Crippen molar-refractivity contribution in [2.45, 2.75) is 13.8 Å². The molecule has 1 heterocycles. The molecule has 3 rings (SSSR count). The highest BCUT2D eigenvalue weighted by molar-refractivity contribution is 8.18. The van der Waals surface area contributed by atoms with Gasteiger partial charge in [0.1, 0.15) is 0 Å². The molecular weight excluding hydrogens is 338 g/mol. The van der Waals surface area contributed by atoms with Gasteiger partial charge in [-0.05, 0) is 48.4 Å². The summed E-state index contributed by atoms with van der Waals surface area (Å²) in [6, 6.07) is 12.0. The van der Waals surface area contributed by atoms with Gasteiger partial charge in [0.15, 0.2) is 5.17 Å². The Balaban J connectivity index is 1.89. The minimum absolute atomic E-state index is 0.0119. The fourth-order valence-corrected chi connectivity index (χ4v) is 3.27. The first-order valence-electron chi connectivity index (χ1n) is 7.54. The highest BCUT2D eigenvalue weighted by Crippen LogP contribution is 2.31. The molecule has 0 spiro atoms. The van der Waals surface area contributed by atoms with Crippen LogP contribution in [-0.4, -0.2) is 16.0 Å². The molecule has 2 aromatic rings. The zero-order valence-corrected chi connectivity index (χ0v) is 14.5. The summed E-state index contributed by atoms with van der Waals surface area (Å²) >= 11 is 1.22. The predicted molar refractivity (Wildman–Crippen MR) is 99.8 cm³/mol. The van der Waals surface area contributed by atoms with Crippen LogP contribution in [0.5, 0.6) is 0 Å². The number of nitrogens with one attached hydrogen (secondary N) is 1. The van der Waals surface area contributed by atoms with Gasteiger partial charge in [-0.3, -0.25) is 14.9 Å². The Morgan fingerprint density at radius 2 is 1.84 bits per heavy atom. The Morgan fingerprint density at radius 3 is 2.52 bits per heavy atom. The number of amides is 1. The minimum Gasteiger partial charge on any atom is -0.300 e. The van der Waals surface area contributed by atoms with E-state index in [2.05, 4.69) is 10.3 Å². The van der Waals surface area contributed by atoms with Crippen molar-refractivity contribution in [2.24, 2.45) is 4.99 Å². The fourth-order valence-electron chi connectivity index (χ4n) is 2.44. The van der Waals surface area contributed by atoms with Crippen LogP contribution >= 0.6 is 11.8 Å². The predicted octanol–water partition coefficient (Wildman–Crippen LogP) is 4.10. The second-order valence-electron chi connectivity index (χ2n) is 5.57. The van der Waals surface area contributed by atoms with Crippen LogP contribution in [0.2, 0.25) is 0 Å². The van der Waals surface area contributed by atoms with Gasteiger partial charge in [0.2, 0.25) is 0 Å². The van der Waals surface area contributed by atoms with Crippen molar-refractivity contribution in [3.05, 3.63) is 74.2 Å². The van der Waals surface area contributed by atoms with Crippen LogP contribution in [0.3, 0.4) is 0 Å². The van der Waals surface area contributed by atoms with E-state index in [1.54, 1.807) is 18.2 Å². The number of rotatable bonds is 3. The molecule has 0 unspecified atom stereocenters. The van der Waals surface area contributed by atoms with E-state index in [9.17, 15) is 14.9 Å². The summed E-state index contributed by atoms with van der Waals surface area (Å²) in [7, 11) is 0. The van der Waals surface area contributed by atoms with Crippen LogP contribution in [0.15, 0.2) is 52.4 Å². The molecule has 0 aromatic heterocycles. The van der Waals surface area contributed by atoms with Crippen molar-refractivity contribution in [1.82, 2.24) is 5.32 Å². The first-order chi connectivity index (χ1) is 11.9. The van der Waals surface area contributed by atoms with Crippen molar-refractivity contribution >= 4 is 40.3 Å². The molecule has 25 heavy (non-hydrogen) atoms. The smallest absolute Gasteiger partial charge is 0.270 e. The molecule has 6 nitrogen and oxygen atoms in total. The Hall–Kier alpha value is -2.93. The van der Waals surface area contributed by atoms with E-state index in [-0.39, 0.29) is 11.6 Å². The average Bonchev–Trinajstić information content (AvgIpc) is 2.91. The van der Waals surface area contributed by atoms with Crippen LogP contribution in [0, 0.1) is 24.0 Å². The lowest BCUT2D eigenvalue weighted by molar-refractivity contribution is -0.384. The van der Waals surface area contributed by atoms with E-state index in [0.29, 0.717) is 15.6 Å². The fraction of sp³-hybridized carbons (Fsp3) is 0.111. The Bertz CT molecular complexity index is 915. The van der Waals surface area contributed by atoms with Gasteiger partial charge < -0.3 is 5.32 Å². The lowest BCUT2D eigenvalue weighted by atomic mass is 10.1. The maximum atomic E-state index is 12.2. The van der Waals surface area contributed by atoms with Crippen molar-refractivity contribution in [3.63, 3.8) is 0 Å². The molecule has 2 aromatic carbocycles. The standard InChI is InChI=1S/C18H15N3O3S/c1-11-5-3-6-12(2)16(11)19-18-20-17(22)15(25-18)10-13-7-4-8-14(9-13)21(23)24/h3-10H,1-2H3,(H,19,20,22)/b15-10+. The number of hydrogen-bond donors (Lipinski definition) is 1. The quantitative estimate of drug-likeness (QED) is 0.511. The molecule has 0 radical (unpaired) electrons. The van der Waals surface area contributed by atoms with Crippen LogP contribution < -0.4 is 5.32 Å². The SMILES string of the molecule is Cc1cccc(C)c1N=C1NC(=O)/C(=C\c2cccc([N+](=O)[O-])c2)S1. The number of nitrogens with zero attached hydrogens (tertiary/aromatic N) is 2. The first-order valence-corrected chi connectivity index (χ1v) is 8.36. The number of benzene rings is 2. The summed E-state index contributed by atoms with van der Waals surface area (Å²) in [5, 5.41) is 14.1. The number of aryl methyl sites for hydroxylation is 2. The monoisotopic (exact) mass is 353 g/mol. The number of nitro groups is 1. The molecule has 0 bridgehead atoms. The topological polar surface area (TPSA) is 84.6 Å². The van der Waals surface area contributed by atoms with E-state index in [1.807, 2.05) is 32.0 Å². The van der Waals surface area contributed by atoms with Gasteiger partial charge in [0, 0.05) is 12.1 Å². The summed E-state index contributed by atoms with van der Waals surface area (Å²) in [5.41, 5.74) is 3.47. The lowest BCUT2D eigenvalue weighted by Gasteiger charge is -2.04. The highest BCUT2D eigenvalue weighted by Gasteiger charge is 2.24. The number of non-ortho nitro benzene ring substituents is 1. The third kappa shape index (κ3) is 3.77. The van der Waals surface area contributed by atoms with E-state index in [0.717, 1.165) is 16.8 Å². The number of carbonyl (C=O) groups is 1. The van der Waals surface area contributed by atoms with Crippen LogP contribution in [0.25, 0.3) is 6.08 Å². The third-order valence-electron chi connectivity index (χ3n) is 3.68. The van der Waals surface area contributed by atoms with Crippen LogP contribution in [0.4, 0.5) is 11.4 Å². The normalized spacial score (nSPS) is 17.1. The molecule has 0 saturated carbocycles. The molecule has 0 atom stereocenters. The van der Waals surface area contributed by atoms with Crippen molar-refractivity contribution in [3.8, 4) is 0 Å². The van der Waals surface area contributed by atoms with E-state index >= 15 is 0 Å². The average molecular weight is 353 g/mol. The highest BCUT2D eigenvalue weighted by atomic mass is 32.2. The molecular formula is C18H15N3O3S. The Morgan fingerprint density at radius 1 is 1.16 bits per heavy atom. The number of aliphatic imine (C=N–C) groups is 1. The van der Waals surface area contributed by atoms with E-state index < -0.39 is 4.92 Å². The van der Waals surface area contributed by atoms with Gasteiger partial charge in [0.05, 0.1) is 15.5 Å². The van der Waals surface area contributed by atoms with E-state index in [4.69, 9.17) is 0 Å². The lowest BCUT2D eigenvalue weighted by Crippen LogP contribution is -2.19. The number of thioether (sulfide) groups is 1. The molecule has 1 N–H and O–H groups in total. The largest absolute Gasteiger partial charge is 0.300 e. The molecule has 1 fully saturated rings. The number of para-hydroxylation sites is 1. The molecule has 0 aliphatic carbocycles. The minimum atomic E-state index is -0.461. The molecule has 126 valence electrons. The number of carbonyl (C=O) groups excluding carboxylic acids is 1. The molecule has 1 aliphatic heterocycles. The van der Waals surface area contributed by atoms with Crippen LogP contribution in [0.1, 0.15) is 16.7 Å². The zero-order chi connectivity index (χ0) is 18.0. The van der Waals surface area contributed by atoms with Crippen molar-refractivity contribution in [2.75, 3.05) is 0 Å². The van der Waals surface area contributed by atoms with Crippen LogP contribution in [-0.2, 0) is 4.79 Å². The zero-order valence-electron chi connectivity index (χ0n) is 13.6. The maximum Gasteiger partial charge on any atom is 0.270 e. The summed E-state index contributed by atoms with van der Waals surface area (Å²) in [6.07, 6.45) is 1.63. The first kappa shape index (κ1) is 16.9. The van der Waals surface area contributed by atoms with Gasteiger partial charge in [-0.1, -0.05) is 30.3 Å². The van der Waals surface area contributed by atoms with E-state index in [1.165, 1.54) is 23.9 Å². The number of hydrogen-bond acceptors (Lipinski definition) is 5. The summed E-state index contributed by atoms with van der Waals surface area (Å²) in [4.78, 5) is 27.5. The summed E-state index contributed by atoms with van der Waals surface area (Å²) in [5.74, 6) is -0.263. The second-order valence-corrected chi connectivity index (χ2v) is 6.60. The van der Waals surface area contributed by atoms with Gasteiger partial charge in [-0.25, -0.2) is 4.99 Å². The number of amidine groups is 1. The molecule has 1 aliphatic rings. The summed E-state index contributed by atoms with van der Waals surface area (Å²) in [6.45, 7) is 3.93. The van der Waals surface area contributed by atoms with Gasteiger partial charge in [-0.15, -0.1) is 0 Å². The number of nitro benzene ring substituents is 1. The Labute approximate surface area is 148 Å². The second kappa shape index (κ2) is 6.90. The van der Waals surface area contributed by atoms with Crippen molar-refractivity contribution < 1.29 is 9.72 Å². The van der Waals surface area contributed by atoms with Gasteiger partial charge >= 0.3 is 0 Å². The summed E-state index contributed by atoms with van der Waals surface area (Å²) < 4.78 is 0. The third-order valence-corrected chi connectivity index (χ3v) is 4.59. The Kier molecular flexibility index (Phi) is 4.67. The van der Waals surface area contributed by atoms with Gasteiger partial charge in [0.25, 0.3) is 11.6 Å². The molecule has 7 heteroatoms.